The third-order valence-electron chi connectivity index (χ3n) is 6.35. The van der Waals surface area contributed by atoms with Crippen molar-refractivity contribution < 1.29 is 38.8 Å². The van der Waals surface area contributed by atoms with E-state index in [0.29, 0.717) is 24.2 Å². The number of aryl methyl sites for hydroxylation is 1. The summed E-state index contributed by atoms with van der Waals surface area (Å²) in [6, 6.07) is 13.4. The number of ether oxygens (including phenoxy) is 2. The van der Waals surface area contributed by atoms with Crippen LogP contribution in [0, 0.1) is 18.2 Å². The van der Waals surface area contributed by atoms with Crippen molar-refractivity contribution in [1.82, 2.24) is 0 Å². The molecule has 0 saturated heterocycles. The second-order valence-electron chi connectivity index (χ2n) is 9.97. The number of para-hydroxylation sites is 1. The zero-order valence-corrected chi connectivity index (χ0v) is 21.2. The predicted octanol–water partition coefficient (Wildman–Crippen LogP) is 5.43. The van der Waals surface area contributed by atoms with E-state index in [1.165, 1.54) is 12.1 Å². The van der Waals surface area contributed by atoms with Gasteiger partial charge in [0.15, 0.2) is 0 Å². The largest absolute Gasteiger partial charge is 0.514 e. The Balaban J connectivity index is 1.88. The van der Waals surface area contributed by atoms with Crippen LogP contribution in [0.3, 0.4) is 0 Å². The first kappa shape index (κ1) is 28.1. The highest BCUT2D eigenvalue weighted by Gasteiger charge is 2.36. The average Bonchev–Trinajstić information content (AvgIpc) is 2.79. The molecule has 0 spiro atoms. The lowest BCUT2D eigenvalue weighted by Crippen LogP contribution is -2.33. The molecule has 8 heteroatoms. The van der Waals surface area contributed by atoms with Crippen LogP contribution in [0.5, 0.6) is 5.75 Å². The molecule has 3 N–H and O–H groups in total. The van der Waals surface area contributed by atoms with E-state index in [4.69, 9.17) is 14.6 Å². The van der Waals surface area contributed by atoms with Crippen molar-refractivity contribution in [2.24, 2.45) is 5.41 Å². The summed E-state index contributed by atoms with van der Waals surface area (Å²) in [6.07, 6.45) is -0.0751. The van der Waals surface area contributed by atoms with Crippen LogP contribution in [0.25, 0.3) is 5.57 Å². The number of carboxylic acid groups (broad SMARTS) is 1. The van der Waals surface area contributed by atoms with Gasteiger partial charge in [0.25, 0.3) is 0 Å². The fourth-order valence-corrected chi connectivity index (χ4v) is 4.61. The number of carbonyl (C=O) groups is 2. The minimum absolute atomic E-state index is 0.126. The Morgan fingerprint density at radius 3 is 2.51 bits per heavy atom. The number of hydrogen-bond donors (Lipinski definition) is 3. The number of aliphatic hydroxyl groups excluding tert-OH is 2. The molecule has 0 amide bonds. The minimum Gasteiger partial charge on any atom is -0.481 e. The first-order valence-corrected chi connectivity index (χ1v) is 12.1. The molecular formula is C29H33FO7. The van der Waals surface area contributed by atoms with Crippen LogP contribution in [-0.2, 0) is 9.53 Å². The lowest BCUT2D eigenvalue weighted by molar-refractivity contribution is -0.139. The van der Waals surface area contributed by atoms with Crippen LogP contribution in [0.4, 0.5) is 9.18 Å². The van der Waals surface area contributed by atoms with E-state index in [0.717, 1.165) is 16.7 Å². The monoisotopic (exact) mass is 512 g/mol. The predicted molar refractivity (Wildman–Crippen MR) is 136 cm³/mol. The Morgan fingerprint density at radius 2 is 1.86 bits per heavy atom. The Labute approximate surface area is 215 Å². The number of rotatable bonds is 9. The molecule has 198 valence electrons. The number of benzene rings is 2. The standard InChI is InChI=1S/C29H33FO7/c1-18-13-19(9-12-26(18)30)24-16-23(37-28(35)36-22-7-5-4-6-8-22)17-29(2,3)25(24)11-10-20(31)14-21(32)15-27(33)34/h4-13,20-21,23,31-32H,14-17H2,1-3H3,(H,33,34)/b11-10+/t20-,21-,23-/m1/s1. The SMILES string of the molecule is Cc1cc(C2=C(/C=C/[C@@H](O)C[C@@H](O)CC(=O)O)C(C)(C)C[C@H](OC(=O)Oc3ccccc3)C2)ccc1F. The molecule has 0 aromatic heterocycles. The summed E-state index contributed by atoms with van der Waals surface area (Å²) in [5.74, 6) is -1.11. The van der Waals surface area contributed by atoms with E-state index >= 15 is 0 Å². The van der Waals surface area contributed by atoms with Gasteiger partial charge in [-0.3, -0.25) is 4.79 Å². The quantitative estimate of drug-likeness (QED) is 0.303. The molecule has 7 nitrogen and oxygen atoms in total. The molecular weight excluding hydrogens is 479 g/mol. The van der Waals surface area contributed by atoms with Crippen molar-refractivity contribution in [3.05, 3.63) is 83.2 Å². The Hall–Kier alpha value is -3.49. The normalized spacial score (nSPS) is 18.9. The highest BCUT2D eigenvalue weighted by molar-refractivity contribution is 5.74. The Kier molecular flexibility index (Phi) is 9.23. The van der Waals surface area contributed by atoms with Gasteiger partial charge in [0, 0.05) is 12.8 Å². The molecule has 0 heterocycles. The van der Waals surface area contributed by atoms with Gasteiger partial charge in [0.1, 0.15) is 17.7 Å². The van der Waals surface area contributed by atoms with Gasteiger partial charge >= 0.3 is 12.1 Å². The summed E-state index contributed by atoms with van der Waals surface area (Å²) in [5, 5.41) is 29.1. The average molecular weight is 513 g/mol. The number of carbonyl (C=O) groups excluding carboxylic acids is 1. The summed E-state index contributed by atoms with van der Waals surface area (Å²) in [4.78, 5) is 23.3. The van der Waals surface area contributed by atoms with Gasteiger partial charge in [-0.15, -0.1) is 0 Å². The van der Waals surface area contributed by atoms with Gasteiger partial charge in [-0.05, 0) is 65.3 Å². The lowest BCUT2D eigenvalue weighted by Gasteiger charge is -2.38. The minimum atomic E-state index is -1.18. The van der Waals surface area contributed by atoms with Crippen molar-refractivity contribution in [3.8, 4) is 5.75 Å². The van der Waals surface area contributed by atoms with Gasteiger partial charge in [0.05, 0.1) is 18.6 Å². The number of halogens is 1. The zero-order chi connectivity index (χ0) is 27.2. The van der Waals surface area contributed by atoms with Gasteiger partial charge < -0.3 is 24.8 Å². The van der Waals surface area contributed by atoms with E-state index in [9.17, 15) is 24.2 Å². The molecule has 0 bridgehead atoms. The maximum absolute atomic E-state index is 14.0. The molecule has 0 saturated carbocycles. The maximum atomic E-state index is 14.0. The number of hydrogen-bond acceptors (Lipinski definition) is 6. The summed E-state index contributed by atoms with van der Waals surface area (Å²) >= 11 is 0. The first-order chi connectivity index (χ1) is 17.4. The van der Waals surface area contributed by atoms with Crippen molar-refractivity contribution in [3.63, 3.8) is 0 Å². The van der Waals surface area contributed by atoms with Crippen LogP contribution in [0.2, 0.25) is 0 Å². The highest BCUT2D eigenvalue weighted by atomic mass is 19.1. The molecule has 3 atom stereocenters. The molecule has 0 radical (unpaired) electrons. The summed E-state index contributed by atoms with van der Waals surface area (Å²) < 4.78 is 25.0. The van der Waals surface area contributed by atoms with E-state index in [2.05, 4.69) is 0 Å². The number of allylic oxidation sites excluding steroid dienone is 2. The van der Waals surface area contributed by atoms with E-state index in [1.54, 1.807) is 49.4 Å². The van der Waals surface area contributed by atoms with Crippen LogP contribution in [0.1, 0.15) is 50.7 Å². The second-order valence-corrected chi connectivity index (χ2v) is 9.97. The van der Waals surface area contributed by atoms with Crippen LogP contribution in [0.15, 0.2) is 66.3 Å². The number of aliphatic carboxylic acids is 1. The van der Waals surface area contributed by atoms with Gasteiger partial charge in [-0.2, -0.15) is 0 Å². The van der Waals surface area contributed by atoms with E-state index < -0.39 is 42.3 Å². The molecule has 1 aliphatic carbocycles. The molecule has 1 aliphatic rings. The maximum Gasteiger partial charge on any atom is 0.514 e. The molecule has 0 fully saturated rings. The van der Waals surface area contributed by atoms with Crippen molar-refractivity contribution in [1.29, 1.82) is 0 Å². The van der Waals surface area contributed by atoms with Crippen molar-refractivity contribution in [2.75, 3.05) is 0 Å². The third kappa shape index (κ3) is 8.00. The fourth-order valence-electron chi connectivity index (χ4n) is 4.61. The van der Waals surface area contributed by atoms with E-state index in [-0.39, 0.29) is 12.2 Å². The molecule has 2 aromatic carbocycles. The number of carboxylic acids is 1. The third-order valence-corrected chi connectivity index (χ3v) is 6.35. The molecule has 2 aromatic rings. The first-order valence-electron chi connectivity index (χ1n) is 12.1. The van der Waals surface area contributed by atoms with Gasteiger partial charge in [0.2, 0.25) is 0 Å². The zero-order valence-electron chi connectivity index (χ0n) is 21.2. The smallest absolute Gasteiger partial charge is 0.481 e. The van der Waals surface area contributed by atoms with Gasteiger partial charge in [-0.1, -0.05) is 50.3 Å². The summed E-state index contributed by atoms with van der Waals surface area (Å²) in [6.45, 7) is 5.63. The fraction of sp³-hybridized carbons (Fsp3) is 0.379. The number of aliphatic hydroxyl groups is 2. The summed E-state index contributed by atoms with van der Waals surface area (Å²) in [7, 11) is 0. The van der Waals surface area contributed by atoms with E-state index in [1.807, 2.05) is 19.9 Å². The second kappa shape index (κ2) is 12.2. The highest BCUT2D eigenvalue weighted by Crippen LogP contribution is 2.46. The molecule has 0 aliphatic heterocycles. The van der Waals surface area contributed by atoms with Crippen LogP contribution in [-0.4, -0.2) is 45.8 Å². The van der Waals surface area contributed by atoms with Crippen molar-refractivity contribution in [2.45, 2.75) is 64.8 Å². The molecule has 0 unspecified atom stereocenters. The van der Waals surface area contributed by atoms with Gasteiger partial charge in [-0.25, -0.2) is 9.18 Å². The topological polar surface area (TPSA) is 113 Å². The summed E-state index contributed by atoms with van der Waals surface area (Å²) in [5.41, 5.74) is 2.41. The Bertz CT molecular complexity index is 1170. The molecule has 37 heavy (non-hydrogen) atoms. The Morgan fingerprint density at radius 1 is 1.16 bits per heavy atom. The molecule has 3 rings (SSSR count). The van der Waals surface area contributed by atoms with Crippen molar-refractivity contribution >= 4 is 17.7 Å². The van der Waals surface area contributed by atoms with Crippen LogP contribution < -0.4 is 4.74 Å². The lowest BCUT2D eigenvalue weighted by atomic mass is 9.69. The van der Waals surface area contributed by atoms with Crippen LogP contribution >= 0.6 is 0 Å².